The minimum Gasteiger partial charge on any atom is -0.337 e. The quantitative estimate of drug-likeness (QED) is 0.838. The maximum atomic E-state index is 13.1. The molecule has 0 aliphatic carbocycles. The molecule has 28 heavy (non-hydrogen) atoms. The van der Waals surface area contributed by atoms with Crippen molar-refractivity contribution in [3.8, 4) is 0 Å². The molecule has 1 aliphatic heterocycles. The molecule has 1 atom stereocenters. The molecule has 1 saturated heterocycles. The van der Waals surface area contributed by atoms with Gasteiger partial charge in [-0.15, -0.1) is 0 Å². The summed E-state index contributed by atoms with van der Waals surface area (Å²) in [6, 6.07) is 12.6. The van der Waals surface area contributed by atoms with Crippen molar-refractivity contribution >= 4 is 23.5 Å². The molecule has 0 aromatic heterocycles. The number of carbonyl (C=O) groups is 2. The van der Waals surface area contributed by atoms with Crippen LogP contribution in [-0.4, -0.2) is 47.9 Å². The molecule has 5 nitrogen and oxygen atoms in total. The molecule has 1 fully saturated rings. The molecule has 1 N–H and O–H groups in total. The molecule has 0 bridgehead atoms. The zero-order valence-electron chi connectivity index (χ0n) is 15.7. The van der Waals surface area contributed by atoms with Gasteiger partial charge in [0.2, 0.25) is 0 Å². The number of carbonyl (C=O) groups excluding carboxylic acids is 2. The van der Waals surface area contributed by atoms with Crippen molar-refractivity contribution in [3.63, 3.8) is 0 Å². The van der Waals surface area contributed by atoms with Crippen LogP contribution in [0.25, 0.3) is 0 Å². The summed E-state index contributed by atoms with van der Waals surface area (Å²) >= 11 is 6.02. The van der Waals surface area contributed by atoms with Crippen molar-refractivity contribution in [2.24, 2.45) is 0 Å². The molecule has 2 aromatic rings. The number of nitrogens with zero attached hydrogens (tertiary/aromatic N) is 2. The Morgan fingerprint density at radius 2 is 1.71 bits per heavy atom. The lowest BCUT2D eigenvalue weighted by Crippen LogP contribution is -2.43. The van der Waals surface area contributed by atoms with Gasteiger partial charge in [0.15, 0.2) is 0 Å². The van der Waals surface area contributed by atoms with Crippen LogP contribution < -0.4 is 5.32 Å². The van der Waals surface area contributed by atoms with Gasteiger partial charge in [-0.3, -0.25) is 4.79 Å². The van der Waals surface area contributed by atoms with Crippen LogP contribution >= 0.6 is 11.6 Å². The molecule has 148 valence electrons. The van der Waals surface area contributed by atoms with Crippen LogP contribution in [0.4, 0.5) is 9.18 Å². The maximum absolute atomic E-state index is 13.1. The van der Waals surface area contributed by atoms with E-state index in [0.29, 0.717) is 43.2 Å². The van der Waals surface area contributed by atoms with E-state index in [-0.39, 0.29) is 23.8 Å². The van der Waals surface area contributed by atoms with E-state index in [1.54, 1.807) is 15.9 Å². The van der Waals surface area contributed by atoms with Crippen LogP contribution in [0.15, 0.2) is 48.5 Å². The minimum atomic E-state index is -0.371. The standard InChI is InChI=1S/C21H23ClFN3O2/c1-15(17-4-2-5-18(22)14-17)24-21(28)26-11-3-10-25(12-13-26)20(27)16-6-8-19(23)9-7-16/h2,4-9,14-15H,3,10-13H2,1H3,(H,24,28). The van der Waals surface area contributed by atoms with E-state index in [0.717, 1.165) is 5.56 Å². The summed E-state index contributed by atoms with van der Waals surface area (Å²) < 4.78 is 13.1. The van der Waals surface area contributed by atoms with Gasteiger partial charge in [0.25, 0.3) is 5.91 Å². The Morgan fingerprint density at radius 1 is 1.04 bits per heavy atom. The lowest BCUT2D eigenvalue weighted by atomic mass is 10.1. The molecule has 1 heterocycles. The summed E-state index contributed by atoms with van der Waals surface area (Å²) in [5.41, 5.74) is 1.39. The van der Waals surface area contributed by atoms with Crippen LogP contribution in [0.5, 0.6) is 0 Å². The lowest BCUT2D eigenvalue weighted by Gasteiger charge is -2.24. The van der Waals surface area contributed by atoms with Crippen molar-refractivity contribution < 1.29 is 14.0 Å². The SMILES string of the molecule is CC(NC(=O)N1CCCN(C(=O)c2ccc(F)cc2)CC1)c1cccc(Cl)c1. The smallest absolute Gasteiger partial charge is 0.317 e. The first kappa shape index (κ1) is 20.1. The largest absolute Gasteiger partial charge is 0.337 e. The normalized spacial score (nSPS) is 15.7. The van der Waals surface area contributed by atoms with Crippen LogP contribution in [0, 0.1) is 5.82 Å². The third-order valence-corrected chi connectivity index (χ3v) is 5.09. The number of nitrogens with one attached hydrogen (secondary N) is 1. The van der Waals surface area contributed by atoms with Crippen LogP contribution in [0.2, 0.25) is 5.02 Å². The topological polar surface area (TPSA) is 52.7 Å². The predicted molar refractivity (Wildman–Crippen MR) is 107 cm³/mol. The highest BCUT2D eigenvalue weighted by Gasteiger charge is 2.23. The monoisotopic (exact) mass is 403 g/mol. The molecule has 0 saturated carbocycles. The molecular weight excluding hydrogens is 381 g/mol. The molecule has 2 aromatic carbocycles. The lowest BCUT2D eigenvalue weighted by molar-refractivity contribution is 0.0762. The van der Waals surface area contributed by atoms with Gasteiger partial charge in [-0.1, -0.05) is 23.7 Å². The first-order chi connectivity index (χ1) is 13.4. The number of benzene rings is 2. The van der Waals surface area contributed by atoms with Crippen LogP contribution in [0.1, 0.15) is 35.3 Å². The Labute approximate surface area is 169 Å². The van der Waals surface area contributed by atoms with Crippen LogP contribution in [-0.2, 0) is 0 Å². The summed E-state index contributed by atoms with van der Waals surface area (Å²) in [4.78, 5) is 28.7. The summed E-state index contributed by atoms with van der Waals surface area (Å²) in [6.45, 7) is 3.92. The highest BCUT2D eigenvalue weighted by atomic mass is 35.5. The van der Waals surface area contributed by atoms with Crippen molar-refractivity contribution in [2.45, 2.75) is 19.4 Å². The number of rotatable bonds is 3. The first-order valence-corrected chi connectivity index (χ1v) is 9.67. The fourth-order valence-corrected chi connectivity index (χ4v) is 3.43. The second-order valence-corrected chi connectivity index (χ2v) is 7.30. The Bertz CT molecular complexity index is 844. The van der Waals surface area contributed by atoms with Crippen molar-refractivity contribution in [3.05, 3.63) is 70.5 Å². The minimum absolute atomic E-state index is 0.144. The Hall–Kier alpha value is -2.60. The fraction of sp³-hybridized carbons (Fsp3) is 0.333. The van der Waals surface area contributed by atoms with Gasteiger partial charge in [0, 0.05) is 36.8 Å². The molecular formula is C21H23ClFN3O2. The summed E-state index contributed by atoms with van der Waals surface area (Å²) in [5.74, 6) is -0.515. The second kappa shape index (κ2) is 9.06. The van der Waals surface area contributed by atoms with E-state index in [2.05, 4.69) is 5.32 Å². The van der Waals surface area contributed by atoms with E-state index in [1.165, 1.54) is 24.3 Å². The van der Waals surface area contributed by atoms with E-state index in [9.17, 15) is 14.0 Å². The molecule has 1 unspecified atom stereocenters. The molecule has 7 heteroatoms. The Morgan fingerprint density at radius 3 is 2.43 bits per heavy atom. The zero-order valence-corrected chi connectivity index (χ0v) is 16.5. The van der Waals surface area contributed by atoms with Gasteiger partial charge in [0.05, 0.1) is 6.04 Å². The van der Waals surface area contributed by atoms with Gasteiger partial charge in [-0.2, -0.15) is 0 Å². The van der Waals surface area contributed by atoms with Gasteiger partial charge in [0.1, 0.15) is 5.82 Å². The Kier molecular flexibility index (Phi) is 6.52. The molecule has 3 amide bonds. The summed E-state index contributed by atoms with van der Waals surface area (Å²) in [7, 11) is 0. The number of urea groups is 1. The highest BCUT2D eigenvalue weighted by Crippen LogP contribution is 2.18. The zero-order chi connectivity index (χ0) is 20.1. The van der Waals surface area contributed by atoms with E-state index < -0.39 is 0 Å². The second-order valence-electron chi connectivity index (χ2n) is 6.87. The van der Waals surface area contributed by atoms with Crippen molar-refractivity contribution in [2.75, 3.05) is 26.2 Å². The van der Waals surface area contributed by atoms with Gasteiger partial charge < -0.3 is 15.1 Å². The summed E-state index contributed by atoms with van der Waals surface area (Å²) in [5, 5.41) is 3.61. The number of halogens is 2. The average molecular weight is 404 g/mol. The number of hydrogen-bond acceptors (Lipinski definition) is 2. The maximum Gasteiger partial charge on any atom is 0.317 e. The van der Waals surface area contributed by atoms with Crippen molar-refractivity contribution in [1.29, 1.82) is 0 Å². The van der Waals surface area contributed by atoms with E-state index >= 15 is 0 Å². The number of hydrogen-bond donors (Lipinski definition) is 1. The van der Waals surface area contributed by atoms with Crippen molar-refractivity contribution in [1.82, 2.24) is 15.1 Å². The molecule has 0 radical (unpaired) electrons. The highest BCUT2D eigenvalue weighted by molar-refractivity contribution is 6.30. The third-order valence-electron chi connectivity index (χ3n) is 4.85. The van der Waals surface area contributed by atoms with E-state index in [4.69, 9.17) is 11.6 Å². The predicted octanol–water partition coefficient (Wildman–Crippen LogP) is 4.10. The molecule has 1 aliphatic rings. The third kappa shape index (κ3) is 5.01. The Balaban J connectivity index is 1.57. The van der Waals surface area contributed by atoms with E-state index in [1.807, 2.05) is 25.1 Å². The fourth-order valence-electron chi connectivity index (χ4n) is 3.23. The number of amides is 3. The van der Waals surface area contributed by atoms with Gasteiger partial charge in [-0.25, -0.2) is 9.18 Å². The summed E-state index contributed by atoms with van der Waals surface area (Å²) in [6.07, 6.45) is 0.686. The molecule has 3 rings (SSSR count). The van der Waals surface area contributed by atoms with Gasteiger partial charge >= 0.3 is 6.03 Å². The molecule has 0 spiro atoms. The average Bonchev–Trinajstić information content (AvgIpc) is 2.94. The first-order valence-electron chi connectivity index (χ1n) is 9.30. The van der Waals surface area contributed by atoms with Gasteiger partial charge in [-0.05, 0) is 55.3 Å². The van der Waals surface area contributed by atoms with Crippen LogP contribution in [0.3, 0.4) is 0 Å².